The number of rotatable bonds is 4. The summed E-state index contributed by atoms with van der Waals surface area (Å²) in [6, 6.07) is 11.8. The fourth-order valence-corrected chi connectivity index (χ4v) is 2.87. The molecule has 4 heteroatoms. The summed E-state index contributed by atoms with van der Waals surface area (Å²) in [5.74, 6) is 1.20. The number of ether oxygens (including phenoxy) is 1. The normalized spacial score (nSPS) is 18.0. The van der Waals surface area contributed by atoms with Crippen molar-refractivity contribution >= 4 is 5.91 Å². The van der Waals surface area contributed by atoms with E-state index >= 15 is 0 Å². The maximum atomic E-state index is 12.3. The Morgan fingerprint density at radius 3 is 3.05 bits per heavy atom. The third kappa shape index (κ3) is 3.27. The number of hydrogen-bond acceptors (Lipinski definition) is 3. The molecule has 4 nitrogen and oxygen atoms in total. The monoisotopic (exact) mass is 296 g/mol. The first-order valence-electron chi connectivity index (χ1n) is 7.65. The van der Waals surface area contributed by atoms with Crippen molar-refractivity contribution in [1.29, 1.82) is 0 Å². The molecule has 0 saturated carbocycles. The molecule has 0 radical (unpaired) electrons. The first-order valence-corrected chi connectivity index (χ1v) is 7.65. The van der Waals surface area contributed by atoms with Gasteiger partial charge in [0, 0.05) is 18.8 Å². The van der Waals surface area contributed by atoms with Gasteiger partial charge in [-0.3, -0.25) is 9.78 Å². The molecule has 2 heterocycles. The lowest BCUT2D eigenvalue weighted by Gasteiger charge is -2.26. The molecule has 1 N–H and O–H groups in total. The third-order valence-electron chi connectivity index (χ3n) is 4.08. The highest BCUT2D eigenvalue weighted by molar-refractivity contribution is 5.77. The number of carbonyl (C=O) groups excluding carboxylic acids is 1. The largest absolute Gasteiger partial charge is 0.493 e. The molecule has 0 aliphatic carbocycles. The highest BCUT2D eigenvalue weighted by Crippen LogP contribution is 2.35. The van der Waals surface area contributed by atoms with Crippen LogP contribution in [0.25, 0.3) is 0 Å². The predicted octanol–water partition coefficient (Wildman–Crippen LogP) is 3.22. The molecule has 2 unspecified atom stereocenters. The Kier molecular flexibility index (Phi) is 4.37. The van der Waals surface area contributed by atoms with Gasteiger partial charge in [-0.2, -0.15) is 0 Å². The van der Waals surface area contributed by atoms with Gasteiger partial charge in [0.1, 0.15) is 5.75 Å². The number of benzene rings is 1. The zero-order valence-electron chi connectivity index (χ0n) is 12.7. The number of nitrogens with zero attached hydrogens (tertiary/aromatic N) is 1. The molecule has 2 atom stereocenters. The average molecular weight is 296 g/mol. The van der Waals surface area contributed by atoms with Gasteiger partial charge in [0.05, 0.1) is 12.6 Å². The summed E-state index contributed by atoms with van der Waals surface area (Å²) >= 11 is 0. The molecule has 1 aromatic carbocycles. The number of aromatic nitrogens is 1. The standard InChI is InChI=1S/C18H20N2O2/c1-13(15-5-4-9-19-12-15)20-18(21)11-14-8-10-22-17-7-3-2-6-16(14)17/h2-7,9,12-14H,8,10-11H2,1H3,(H,20,21). The molecule has 0 bridgehead atoms. The second kappa shape index (κ2) is 6.60. The minimum atomic E-state index is -0.0312. The maximum Gasteiger partial charge on any atom is 0.221 e. The van der Waals surface area contributed by atoms with E-state index in [1.54, 1.807) is 12.4 Å². The van der Waals surface area contributed by atoms with Crippen molar-refractivity contribution in [3.63, 3.8) is 0 Å². The molecule has 3 rings (SSSR count). The number of nitrogens with one attached hydrogen (secondary N) is 1. The van der Waals surface area contributed by atoms with Crippen LogP contribution in [0.5, 0.6) is 5.75 Å². The molecule has 1 amide bonds. The summed E-state index contributed by atoms with van der Waals surface area (Å²) < 4.78 is 5.65. The number of pyridine rings is 1. The van der Waals surface area contributed by atoms with Crippen LogP contribution >= 0.6 is 0 Å². The lowest BCUT2D eigenvalue weighted by molar-refractivity contribution is -0.122. The van der Waals surface area contributed by atoms with Crippen LogP contribution in [0.4, 0.5) is 0 Å². The molecule has 114 valence electrons. The van der Waals surface area contributed by atoms with Crippen LogP contribution in [0, 0.1) is 0 Å². The van der Waals surface area contributed by atoms with E-state index < -0.39 is 0 Å². The third-order valence-corrected chi connectivity index (χ3v) is 4.08. The highest BCUT2D eigenvalue weighted by atomic mass is 16.5. The smallest absolute Gasteiger partial charge is 0.221 e. The lowest BCUT2D eigenvalue weighted by atomic mass is 9.90. The van der Waals surface area contributed by atoms with Crippen molar-refractivity contribution in [2.75, 3.05) is 6.61 Å². The lowest BCUT2D eigenvalue weighted by Crippen LogP contribution is -2.29. The summed E-state index contributed by atoms with van der Waals surface area (Å²) in [5.41, 5.74) is 2.15. The van der Waals surface area contributed by atoms with E-state index in [0.717, 1.165) is 23.3 Å². The molecule has 0 saturated heterocycles. The fourth-order valence-electron chi connectivity index (χ4n) is 2.87. The molecule has 2 aromatic rings. The van der Waals surface area contributed by atoms with Crippen LogP contribution in [0.2, 0.25) is 0 Å². The number of hydrogen-bond donors (Lipinski definition) is 1. The van der Waals surface area contributed by atoms with E-state index in [1.165, 1.54) is 0 Å². The van der Waals surface area contributed by atoms with Crippen LogP contribution in [0.3, 0.4) is 0 Å². The molecule has 0 fully saturated rings. The Hall–Kier alpha value is -2.36. The number of para-hydroxylation sites is 1. The van der Waals surface area contributed by atoms with Gasteiger partial charge in [0.25, 0.3) is 0 Å². The van der Waals surface area contributed by atoms with Crippen molar-refractivity contribution in [2.24, 2.45) is 0 Å². The quantitative estimate of drug-likeness (QED) is 0.942. The molecule has 22 heavy (non-hydrogen) atoms. The summed E-state index contributed by atoms with van der Waals surface area (Å²) in [6.45, 7) is 2.65. The summed E-state index contributed by atoms with van der Waals surface area (Å²) in [4.78, 5) is 16.4. The Labute approximate surface area is 130 Å². The van der Waals surface area contributed by atoms with Gasteiger partial charge in [0.2, 0.25) is 5.91 Å². The van der Waals surface area contributed by atoms with Gasteiger partial charge >= 0.3 is 0 Å². The van der Waals surface area contributed by atoms with Gasteiger partial charge in [0.15, 0.2) is 0 Å². The van der Waals surface area contributed by atoms with E-state index in [9.17, 15) is 4.79 Å². The Morgan fingerprint density at radius 2 is 2.23 bits per heavy atom. The highest BCUT2D eigenvalue weighted by Gasteiger charge is 2.24. The minimum absolute atomic E-state index is 0.0312. The van der Waals surface area contributed by atoms with Gasteiger partial charge in [-0.1, -0.05) is 24.3 Å². The van der Waals surface area contributed by atoms with E-state index in [0.29, 0.717) is 13.0 Å². The summed E-state index contributed by atoms with van der Waals surface area (Å²) in [7, 11) is 0. The van der Waals surface area contributed by atoms with Gasteiger partial charge < -0.3 is 10.1 Å². The maximum absolute atomic E-state index is 12.3. The van der Waals surface area contributed by atoms with E-state index in [4.69, 9.17) is 4.74 Å². The predicted molar refractivity (Wildman–Crippen MR) is 84.7 cm³/mol. The van der Waals surface area contributed by atoms with E-state index in [2.05, 4.69) is 16.4 Å². The molecular formula is C18H20N2O2. The van der Waals surface area contributed by atoms with Crippen molar-refractivity contribution in [3.05, 3.63) is 59.9 Å². The van der Waals surface area contributed by atoms with Crippen LogP contribution in [0.15, 0.2) is 48.8 Å². The van der Waals surface area contributed by atoms with Crippen molar-refractivity contribution < 1.29 is 9.53 Å². The van der Waals surface area contributed by atoms with E-state index in [1.807, 2.05) is 37.3 Å². The van der Waals surface area contributed by atoms with E-state index in [-0.39, 0.29) is 17.9 Å². The van der Waals surface area contributed by atoms with Crippen LogP contribution in [-0.4, -0.2) is 17.5 Å². The minimum Gasteiger partial charge on any atom is -0.493 e. The molecule has 0 spiro atoms. The Bertz CT molecular complexity index is 643. The second-order valence-corrected chi connectivity index (χ2v) is 5.65. The SMILES string of the molecule is CC(NC(=O)CC1CCOc2ccccc21)c1cccnc1. The number of fused-ring (bicyclic) bond motifs is 1. The van der Waals surface area contributed by atoms with Gasteiger partial charge in [-0.05, 0) is 42.5 Å². The first kappa shape index (κ1) is 14.6. The topological polar surface area (TPSA) is 51.2 Å². The van der Waals surface area contributed by atoms with Gasteiger partial charge in [-0.15, -0.1) is 0 Å². The van der Waals surface area contributed by atoms with Crippen molar-refractivity contribution in [3.8, 4) is 5.75 Å². The van der Waals surface area contributed by atoms with Crippen LogP contribution in [0.1, 0.15) is 42.9 Å². The summed E-state index contributed by atoms with van der Waals surface area (Å²) in [6.07, 6.45) is 4.89. The average Bonchev–Trinajstić information content (AvgIpc) is 2.56. The zero-order chi connectivity index (χ0) is 15.4. The number of amides is 1. The van der Waals surface area contributed by atoms with Crippen molar-refractivity contribution in [2.45, 2.75) is 31.7 Å². The first-order chi connectivity index (χ1) is 10.7. The summed E-state index contributed by atoms with van der Waals surface area (Å²) in [5, 5.41) is 3.05. The number of carbonyl (C=O) groups is 1. The fraction of sp³-hybridized carbons (Fsp3) is 0.333. The zero-order valence-corrected chi connectivity index (χ0v) is 12.7. The Morgan fingerprint density at radius 1 is 1.36 bits per heavy atom. The van der Waals surface area contributed by atoms with Crippen LogP contribution in [-0.2, 0) is 4.79 Å². The Balaban J connectivity index is 1.63. The molecule has 1 aliphatic heterocycles. The second-order valence-electron chi connectivity index (χ2n) is 5.65. The molecule has 1 aromatic heterocycles. The van der Waals surface area contributed by atoms with Crippen molar-refractivity contribution in [1.82, 2.24) is 10.3 Å². The molecule has 1 aliphatic rings. The van der Waals surface area contributed by atoms with Crippen LogP contribution < -0.4 is 10.1 Å². The molecular weight excluding hydrogens is 276 g/mol. The van der Waals surface area contributed by atoms with Gasteiger partial charge in [-0.25, -0.2) is 0 Å².